The predicted molar refractivity (Wildman–Crippen MR) is 63.7 cm³/mol. The maximum Gasteiger partial charge on any atom is 0.618 e. The monoisotopic (exact) mass is 253 g/mol. The quantitative estimate of drug-likeness (QED) is 0.553. The van der Waals surface area contributed by atoms with Gasteiger partial charge >= 0.3 is 18.2 Å². The molecule has 0 spiro atoms. The van der Waals surface area contributed by atoms with E-state index in [9.17, 15) is 0 Å². The van der Waals surface area contributed by atoms with E-state index in [1.165, 1.54) is 0 Å². The van der Waals surface area contributed by atoms with Gasteiger partial charge in [-0.2, -0.15) is 0 Å². The van der Waals surface area contributed by atoms with Gasteiger partial charge in [-0.25, -0.2) is 0 Å². The van der Waals surface area contributed by atoms with Gasteiger partial charge in [-0.3, -0.25) is 0 Å². The topological polar surface area (TPSA) is 18.5 Å². The summed E-state index contributed by atoms with van der Waals surface area (Å²) in [7, 11) is 9.81. The zero-order valence-corrected chi connectivity index (χ0v) is 12.4. The van der Waals surface area contributed by atoms with E-state index in [2.05, 4.69) is 6.92 Å². The Morgan fingerprint density at radius 3 is 1.50 bits per heavy atom. The molecule has 0 saturated heterocycles. The number of rotatable bonds is 5. The Morgan fingerprint density at radius 2 is 1.36 bits per heavy atom. The third-order valence-corrected chi connectivity index (χ3v) is 1.08. The summed E-state index contributed by atoms with van der Waals surface area (Å²) in [5.41, 5.74) is 0. The third-order valence-electron chi connectivity index (χ3n) is 1.08. The molecule has 0 aliphatic rings. The molecule has 0 unspecified atom stereocenters. The molecule has 0 aromatic carbocycles. The minimum atomic E-state index is -0.639. The maximum absolute atomic E-state index is 5.43. The lowest BCUT2D eigenvalue weighted by Gasteiger charge is -2.21. The molecule has 0 heterocycles. The molecule has 5 heteroatoms. The molecule has 0 amide bonds. The van der Waals surface area contributed by atoms with Crippen molar-refractivity contribution in [3.63, 3.8) is 0 Å². The first kappa shape index (κ1) is 17.7. The Balaban J connectivity index is 0. The first-order valence-electron chi connectivity index (χ1n) is 4.69. The molecule has 0 aliphatic carbocycles. The van der Waals surface area contributed by atoms with Gasteiger partial charge in [0.25, 0.3) is 0 Å². The molecular weight excluding hydrogens is 235 g/mol. The zero-order chi connectivity index (χ0) is 11.6. The van der Waals surface area contributed by atoms with Crippen LogP contribution in [0.1, 0.15) is 34.1 Å². The largest absolute Gasteiger partial charge is 0.618 e. The second-order valence-electron chi connectivity index (χ2n) is 3.19. The maximum atomic E-state index is 5.43. The van der Waals surface area contributed by atoms with Crippen LogP contribution in [0.5, 0.6) is 0 Å². The first-order chi connectivity index (χ1) is 6.47. The number of hydrogen-bond donors (Lipinski definition) is 0. The van der Waals surface area contributed by atoms with Crippen LogP contribution in [0.25, 0.3) is 0 Å². The van der Waals surface area contributed by atoms with Crippen molar-refractivity contribution in [2.24, 2.45) is 0 Å². The zero-order valence-electron chi connectivity index (χ0n) is 9.43. The van der Waals surface area contributed by atoms with Gasteiger partial charge in [0.05, 0.1) is 12.2 Å². The molecule has 0 saturated carbocycles. The lowest BCUT2D eigenvalue weighted by molar-refractivity contribution is -0.178. The van der Waals surface area contributed by atoms with Crippen LogP contribution in [0.15, 0.2) is 0 Å². The lowest BCUT2D eigenvalue weighted by atomic mass is 10.4. The van der Waals surface area contributed by atoms with Crippen LogP contribution in [0.2, 0.25) is 0 Å². The van der Waals surface area contributed by atoms with Gasteiger partial charge < -0.3 is 27.6 Å². The van der Waals surface area contributed by atoms with Crippen molar-refractivity contribution in [2.75, 3.05) is 0 Å². The van der Waals surface area contributed by atoms with E-state index in [1.807, 2.05) is 27.7 Å². The molecule has 14 heavy (non-hydrogen) atoms. The normalized spacial score (nSPS) is 10.1. The molecule has 83 valence electrons. The summed E-state index contributed by atoms with van der Waals surface area (Å²) >= 11 is -0.639. The van der Waals surface area contributed by atoms with Crippen LogP contribution in [-0.2, 0) is 9.47 Å². The summed E-state index contributed by atoms with van der Waals surface area (Å²) < 4.78 is 10.9. The van der Waals surface area contributed by atoms with Gasteiger partial charge in [-0.15, -0.1) is 0 Å². The highest BCUT2D eigenvalue weighted by Crippen LogP contribution is 2.06. The molecule has 0 atom stereocenters. The molecule has 0 fully saturated rings. The predicted octanol–water partition coefficient (Wildman–Crippen LogP) is 3.38. The highest BCUT2D eigenvalue weighted by atomic mass is 35.6. The van der Waals surface area contributed by atoms with Gasteiger partial charge in [0.1, 0.15) is 0 Å². The van der Waals surface area contributed by atoms with Crippen molar-refractivity contribution < 1.29 is 9.47 Å². The van der Waals surface area contributed by atoms with Crippen LogP contribution in [0, 0.1) is 6.92 Å². The molecule has 0 aromatic rings. The molecule has 2 nitrogen and oxygen atoms in total. The number of halogens is 2. The second-order valence-corrected chi connectivity index (χ2v) is 5.82. The number of hydrogen-bond acceptors (Lipinski definition) is 2. The van der Waals surface area contributed by atoms with Gasteiger partial charge in [-0.05, 0) is 41.0 Å². The van der Waals surface area contributed by atoms with Crippen molar-refractivity contribution in [1.29, 1.82) is 0 Å². The van der Waals surface area contributed by atoms with Gasteiger partial charge in [-0.1, -0.05) is 0 Å². The Hall–Kier alpha value is 1.27. The third kappa shape index (κ3) is 15.7. The van der Waals surface area contributed by atoms with E-state index < -0.39 is 18.2 Å². The minimum absolute atomic E-state index is 0.144. The fourth-order valence-electron chi connectivity index (χ4n) is 0.775. The highest BCUT2D eigenvalue weighted by Gasteiger charge is 2.09. The van der Waals surface area contributed by atoms with Gasteiger partial charge in [0.2, 0.25) is 0 Å². The molecule has 0 aromatic heterocycles. The molecule has 1 radical (unpaired) electrons. The molecule has 0 bridgehead atoms. The van der Waals surface area contributed by atoms with Crippen molar-refractivity contribution in [3.05, 3.63) is 6.92 Å². The van der Waals surface area contributed by atoms with Crippen LogP contribution in [0.4, 0.5) is 0 Å². The first-order valence-corrected chi connectivity index (χ1v) is 8.97. The average molecular weight is 254 g/mol. The van der Waals surface area contributed by atoms with E-state index in [-0.39, 0.29) is 18.5 Å². The van der Waals surface area contributed by atoms with Crippen LogP contribution >= 0.6 is 18.1 Å². The average Bonchev–Trinajstić information content (AvgIpc) is 2.02. The molecular formula is C9H19Cl2MgO2. The van der Waals surface area contributed by atoms with Crippen molar-refractivity contribution in [2.45, 2.75) is 52.6 Å². The van der Waals surface area contributed by atoms with Gasteiger partial charge in [0.15, 0.2) is 6.29 Å². The highest BCUT2D eigenvalue weighted by molar-refractivity contribution is 7.22. The summed E-state index contributed by atoms with van der Waals surface area (Å²) in [5, 5.41) is 0. The smallest absolute Gasteiger partial charge is 0.350 e. The Bertz CT molecular complexity index is 103. The van der Waals surface area contributed by atoms with Crippen LogP contribution in [0.3, 0.4) is 0 Å². The fourth-order valence-corrected chi connectivity index (χ4v) is 0.775. The van der Waals surface area contributed by atoms with E-state index in [0.29, 0.717) is 6.42 Å². The van der Waals surface area contributed by atoms with Crippen molar-refractivity contribution in [3.8, 4) is 0 Å². The van der Waals surface area contributed by atoms with Crippen molar-refractivity contribution >= 4 is 36.3 Å². The Morgan fingerprint density at radius 1 is 1.07 bits per heavy atom. The summed E-state index contributed by atoms with van der Waals surface area (Å²) in [6, 6.07) is 0. The summed E-state index contributed by atoms with van der Waals surface area (Å²) in [5.74, 6) is 0. The fraction of sp³-hybridized carbons (Fsp3) is 0.889. The van der Waals surface area contributed by atoms with E-state index >= 15 is 0 Å². The van der Waals surface area contributed by atoms with Gasteiger partial charge in [0, 0.05) is 0 Å². The Labute approximate surface area is 105 Å². The summed E-state index contributed by atoms with van der Waals surface area (Å²) in [6.07, 6.45) is 0.937. The van der Waals surface area contributed by atoms with Crippen LogP contribution in [-0.4, -0.2) is 36.7 Å². The second kappa shape index (κ2) is 12.3. The molecule has 0 aliphatic heterocycles. The van der Waals surface area contributed by atoms with E-state index in [1.54, 1.807) is 0 Å². The SMILES string of the molecule is [CH2]CC(OC(C)C)OC(C)C.[Cl][Mg][Cl]. The summed E-state index contributed by atoms with van der Waals surface area (Å²) in [4.78, 5) is 0. The van der Waals surface area contributed by atoms with Crippen LogP contribution < -0.4 is 0 Å². The van der Waals surface area contributed by atoms with E-state index in [4.69, 9.17) is 27.6 Å². The van der Waals surface area contributed by atoms with E-state index in [0.717, 1.165) is 0 Å². The lowest BCUT2D eigenvalue weighted by Crippen LogP contribution is -2.23. The van der Waals surface area contributed by atoms with Crippen molar-refractivity contribution in [1.82, 2.24) is 0 Å². The number of ether oxygens (including phenoxy) is 2. The standard InChI is InChI=1S/C9H19O2.2ClH.Mg/c1-6-9(10-7(2)3)11-8(4)5;;;/h7-9H,1,6H2,2-5H3;2*1H;/q;;;+2/p-2. The Kier molecular flexibility index (Phi) is 15.6. The molecule has 0 N–H and O–H groups in total. The minimum Gasteiger partial charge on any atom is -0.350 e. The molecule has 0 rings (SSSR count). The summed E-state index contributed by atoms with van der Waals surface area (Å²) in [6.45, 7) is 11.7.